The third-order valence-corrected chi connectivity index (χ3v) is 3.13. The molecule has 0 saturated heterocycles. The van der Waals surface area contributed by atoms with Gasteiger partial charge in [0.15, 0.2) is 0 Å². The summed E-state index contributed by atoms with van der Waals surface area (Å²) >= 11 is 0. The summed E-state index contributed by atoms with van der Waals surface area (Å²) in [6, 6.07) is 3.47. The van der Waals surface area contributed by atoms with Gasteiger partial charge in [-0.25, -0.2) is 0 Å². The zero-order valence-electron chi connectivity index (χ0n) is 9.89. The van der Waals surface area contributed by atoms with Crippen LogP contribution in [0.15, 0.2) is 28.9 Å². The van der Waals surface area contributed by atoms with E-state index in [1.54, 1.807) is 18.2 Å². The number of carboxylic acid groups (broad SMARTS) is 1. The number of aliphatic carboxylic acids is 1. The van der Waals surface area contributed by atoms with Crippen LogP contribution in [0.4, 0.5) is 0 Å². The molecule has 0 atom stereocenters. The Balaban J connectivity index is 1.92. The van der Waals surface area contributed by atoms with E-state index in [0.29, 0.717) is 5.76 Å². The highest BCUT2D eigenvalue weighted by Gasteiger charge is 2.39. The lowest BCUT2D eigenvalue weighted by Crippen LogP contribution is -2.54. The topological polar surface area (TPSA) is 79.5 Å². The molecule has 0 radical (unpaired) electrons. The van der Waals surface area contributed by atoms with Gasteiger partial charge in [-0.05, 0) is 37.5 Å². The molecule has 2 N–H and O–H groups in total. The molecular weight excluding hydrogens is 234 g/mol. The second kappa shape index (κ2) is 5.08. The highest BCUT2D eigenvalue weighted by Crippen LogP contribution is 2.34. The molecule has 18 heavy (non-hydrogen) atoms. The Morgan fingerprint density at radius 2 is 2.28 bits per heavy atom. The van der Waals surface area contributed by atoms with Crippen LogP contribution in [0.1, 0.15) is 31.4 Å². The first-order valence-corrected chi connectivity index (χ1v) is 5.85. The molecule has 5 nitrogen and oxygen atoms in total. The number of hydrogen-bond acceptors (Lipinski definition) is 3. The van der Waals surface area contributed by atoms with Crippen LogP contribution < -0.4 is 5.32 Å². The molecule has 96 valence electrons. The van der Waals surface area contributed by atoms with Crippen molar-refractivity contribution in [3.05, 3.63) is 30.2 Å². The van der Waals surface area contributed by atoms with Crippen molar-refractivity contribution in [3.63, 3.8) is 0 Å². The van der Waals surface area contributed by atoms with Crippen molar-refractivity contribution in [1.82, 2.24) is 5.32 Å². The van der Waals surface area contributed by atoms with Crippen molar-refractivity contribution >= 4 is 18.0 Å². The zero-order chi connectivity index (χ0) is 13.0. The van der Waals surface area contributed by atoms with Crippen LogP contribution in [0.3, 0.4) is 0 Å². The zero-order valence-corrected chi connectivity index (χ0v) is 9.89. The fourth-order valence-corrected chi connectivity index (χ4v) is 2.09. The molecule has 1 amide bonds. The Hall–Kier alpha value is -2.04. The summed E-state index contributed by atoms with van der Waals surface area (Å²) in [5, 5.41) is 11.6. The van der Waals surface area contributed by atoms with E-state index in [0.717, 1.165) is 19.3 Å². The maximum atomic E-state index is 11.7. The fourth-order valence-electron chi connectivity index (χ4n) is 2.09. The molecule has 1 aliphatic rings. The van der Waals surface area contributed by atoms with Crippen molar-refractivity contribution in [2.45, 2.75) is 31.2 Å². The van der Waals surface area contributed by atoms with E-state index in [1.165, 1.54) is 12.3 Å². The van der Waals surface area contributed by atoms with Crippen LogP contribution in [0.5, 0.6) is 0 Å². The minimum Gasteiger partial charge on any atom is -0.481 e. The number of carboxylic acids is 1. The standard InChI is InChI=1S/C13H15NO4/c15-11(5-4-10-3-1-8-18-10)14-13(6-2-7-13)9-12(16)17/h1,3-5,8H,2,6-7,9H2,(H,14,15)(H,16,17). The van der Waals surface area contributed by atoms with Gasteiger partial charge in [0.05, 0.1) is 18.2 Å². The first-order valence-electron chi connectivity index (χ1n) is 5.85. The molecule has 0 spiro atoms. The number of nitrogens with one attached hydrogen (secondary N) is 1. The van der Waals surface area contributed by atoms with Gasteiger partial charge in [-0.15, -0.1) is 0 Å². The Morgan fingerprint density at radius 3 is 2.78 bits per heavy atom. The Morgan fingerprint density at radius 1 is 1.50 bits per heavy atom. The monoisotopic (exact) mass is 249 g/mol. The lowest BCUT2D eigenvalue weighted by atomic mass is 9.74. The quantitative estimate of drug-likeness (QED) is 0.780. The van der Waals surface area contributed by atoms with Gasteiger partial charge >= 0.3 is 5.97 Å². The summed E-state index contributed by atoms with van der Waals surface area (Å²) in [7, 11) is 0. The second-order valence-electron chi connectivity index (χ2n) is 4.54. The van der Waals surface area contributed by atoms with Gasteiger partial charge in [0.2, 0.25) is 5.91 Å². The third kappa shape index (κ3) is 3.00. The van der Waals surface area contributed by atoms with Crippen molar-refractivity contribution in [2.24, 2.45) is 0 Å². The lowest BCUT2D eigenvalue weighted by molar-refractivity contribution is -0.140. The molecule has 0 aliphatic heterocycles. The van der Waals surface area contributed by atoms with Crippen LogP contribution in [0.25, 0.3) is 6.08 Å². The molecular formula is C13H15NO4. The normalized spacial score (nSPS) is 17.3. The highest BCUT2D eigenvalue weighted by atomic mass is 16.4. The van der Waals surface area contributed by atoms with E-state index in [9.17, 15) is 9.59 Å². The van der Waals surface area contributed by atoms with Crippen LogP contribution in [0.2, 0.25) is 0 Å². The van der Waals surface area contributed by atoms with Gasteiger partial charge in [-0.3, -0.25) is 9.59 Å². The summed E-state index contributed by atoms with van der Waals surface area (Å²) in [5.74, 6) is -0.580. The van der Waals surface area contributed by atoms with Gasteiger partial charge in [-0.1, -0.05) is 0 Å². The minimum absolute atomic E-state index is 0.0205. The average molecular weight is 249 g/mol. The Labute approximate surface area is 104 Å². The Kier molecular flexibility index (Phi) is 3.50. The number of carbonyl (C=O) groups excluding carboxylic acids is 1. The number of hydrogen-bond donors (Lipinski definition) is 2. The molecule has 1 heterocycles. The molecule has 1 aromatic rings. The van der Waals surface area contributed by atoms with Crippen LogP contribution >= 0.6 is 0 Å². The lowest BCUT2D eigenvalue weighted by Gasteiger charge is -2.41. The van der Waals surface area contributed by atoms with Gasteiger partial charge < -0.3 is 14.8 Å². The number of rotatable bonds is 5. The molecule has 1 aromatic heterocycles. The van der Waals surface area contributed by atoms with Crippen molar-refractivity contribution in [3.8, 4) is 0 Å². The number of amides is 1. The molecule has 0 aromatic carbocycles. The first-order chi connectivity index (χ1) is 8.60. The van der Waals surface area contributed by atoms with E-state index in [-0.39, 0.29) is 12.3 Å². The summed E-state index contributed by atoms with van der Waals surface area (Å²) in [4.78, 5) is 22.4. The Bertz CT molecular complexity index is 457. The molecule has 5 heteroatoms. The SMILES string of the molecule is O=C(O)CC1(NC(=O)C=Cc2ccco2)CCC1. The maximum absolute atomic E-state index is 11.7. The van der Waals surface area contributed by atoms with Gasteiger partial charge in [0.25, 0.3) is 0 Å². The average Bonchev–Trinajstić information content (AvgIpc) is 2.75. The van der Waals surface area contributed by atoms with E-state index in [2.05, 4.69) is 5.32 Å². The largest absolute Gasteiger partial charge is 0.481 e. The summed E-state index contributed by atoms with van der Waals surface area (Å²) in [5.41, 5.74) is -0.559. The van der Waals surface area contributed by atoms with Gasteiger partial charge in [0, 0.05) is 6.08 Å². The smallest absolute Gasteiger partial charge is 0.305 e. The van der Waals surface area contributed by atoms with Crippen LogP contribution in [0, 0.1) is 0 Å². The predicted molar refractivity (Wildman–Crippen MR) is 64.7 cm³/mol. The maximum Gasteiger partial charge on any atom is 0.305 e. The van der Waals surface area contributed by atoms with E-state index in [4.69, 9.17) is 9.52 Å². The van der Waals surface area contributed by atoms with Crippen molar-refractivity contribution < 1.29 is 19.1 Å². The number of furan rings is 1. The predicted octanol–water partition coefficient (Wildman–Crippen LogP) is 1.81. The van der Waals surface area contributed by atoms with Crippen LogP contribution in [-0.4, -0.2) is 22.5 Å². The van der Waals surface area contributed by atoms with Crippen molar-refractivity contribution in [1.29, 1.82) is 0 Å². The second-order valence-corrected chi connectivity index (χ2v) is 4.54. The molecule has 0 unspecified atom stereocenters. The molecule has 2 rings (SSSR count). The first kappa shape index (κ1) is 12.4. The molecule has 1 saturated carbocycles. The molecule has 1 aliphatic carbocycles. The van der Waals surface area contributed by atoms with Crippen LogP contribution in [-0.2, 0) is 9.59 Å². The van der Waals surface area contributed by atoms with E-state index in [1.807, 2.05) is 0 Å². The van der Waals surface area contributed by atoms with E-state index < -0.39 is 11.5 Å². The van der Waals surface area contributed by atoms with Crippen molar-refractivity contribution in [2.75, 3.05) is 0 Å². The minimum atomic E-state index is -0.884. The highest BCUT2D eigenvalue weighted by molar-refractivity contribution is 5.92. The van der Waals surface area contributed by atoms with E-state index >= 15 is 0 Å². The molecule has 0 bridgehead atoms. The number of carbonyl (C=O) groups is 2. The fraction of sp³-hybridized carbons (Fsp3) is 0.385. The van der Waals surface area contributed by atoms with Gasteiger partial charge in [0.1, 0.15) is 5.76 Å². The summed E-state index contributed by atoms with van der Waals surface area (Å²) in [6.07, 6.45) is 6.82. The molecule has 1 fully saturated rings. The van der Waals surface area contributed by atoms with Gasteiger partial charge in [-0.2, -0.15) is 0 Å². The third-order valence-electron chi connectivity index (χ3n) is 3.13. The summed E-state index contributed by atoms with van der Waals surface area (Å²) in [6.45, 7) is 0. The summed E-state index contributed by atoms with van der Waals surface area (Å²) < 4.78 is 5.06.